The van der Waals surface area contributed by atoms with Crippen LogP contribution in [0.2, 0.25) is 0 Å². The second kappa shape index (κ2) is 58.6. The molecule has 0 unspecified atom stereocenters. The number of carbonyl (C=O) groups excluding carboxylic acids is 2. The van der Waals surface area contributed by atoms with Gasteiger partial charge in [0.05, 0.1) is 26.1 Å². The average molecular weight is 999 g/mol. The summed E-state index contributed by atoms with van der Waals surface area (Å²) in [6.07, 6.45) is 46.2. The van der Waals surface area contributed by atoms with Gasteiger partial charge in [0.1, 0.15) is 0 Å². The highest BCUT2D eigenvalue weighted by Gasteiger charge is 2.15. The van der Waals surface area contributed by atoms with Gasteiger partial charge in [-0.15, -0.1) is 0 Å². The van der Waals surface area contributed by atoms with E-state index >= 15 is 0 Å². The Morgan fingerprint density at radius 3 is 0.857 bits per heavy atom. The van der Waals surface area contributed by atoms with Crippen molar-refractivity contribution < 1.29 is 43.1 Å². The number of hydrogen-bond donors (Lipinski definition) is 1. The van der Waals surface area contributed by atoms with Crippen molar-refractivity contribution in [2.75, 3.05) is 65.9 Å². The van der Waals surface area contributed by atoms with Gasteiger partial charge in [-0.25, -0.2) is 0 Å². The number of hydrogen-bond acceptors (Lipinski definition) is 10. The Kier molecular flexibility index (Phi) is 57.5. The number of rotatable bonds is 60. The summed E-state index contributed by atoms with van der Waals surface area (Å²) in [4.78, 5) is 27.9. The standard InChI is InChI=1S/C60H119NO9/c1-5-9-13-17-21-27-39-53-67-59(68-54-40-28-22-18-14-10-6-2)45-43-57(63)65-51-37-31-25-33-47-61(49-35-36-50-62)48-34-26-32-38-52-66-58(64)44-46-60(69-55-41-29-23-19-15-11-7-3)70-56-42-30-24-20-16-12-8-4/h59-60,62H,5-56H2,1-4H3. The van der Waals surface area contributed by atoms with Crippen molar-refractivity contribution in [3.63, 3.8) is 0 Å². The van der Waals surface area contributed by atoms with Crippen LogP contribution in [0.1, 0.15) is 297 Å². The van der Waals surface area contributed by atoms with Crippen molar-refractivity contribution in [3.8, 4) is 0 Å². The van der Waals surface area contributed by atoms with E-state index in [2.05, 4.69) is 32.6 Å². The third-order valence-corrected chi connectivity index (χ3v) is 13.5. The number of aliphatic hydroxyl groups is 1. The highest BCUT2D eigenvalue weighted by atomic mass is 16.7. The van der Waals surface area contributed by atoms with Gasteiger partial charge < -0.3 is 38.4 Å². The Hall–Kier alpha value is -1.30. The van der Waals surface area contributed by atoms with Crippen molar-refractivity contribution in [3.05, 3.63) is 0 Å². The first-order chi connectivity index (χ1) is 34.5. The minimum atomic E-state index is -0.332. The molecule has 0 fully saturated rings. The molecule has 0 atom stereocenters. The molecule has 70 heavy (non-hydrogen) atoms. The topological polar surface area (TPSA) is 113 Å². The van der Waals surface area contributed by atoms with Gasteiger partial charge in [-0.05, 0) is 83.8 Å². The molecule has 0 aliphatic rings. The van der Waals surface area contributed by atoms with Gasteiger partial charge in [0.25, 0.3) is 0 Å². The van der Waals surface area contributed by atoms with Gasteiger partial charge in [0.15, 0.2) is 12.6 Å². The number of esters is 2. The molecule has 418 valence electrons. The molecule has 0 aromatic carbocycles. The lowest BCUT2D eigenvalue weighted by Gasteiger charge is -2.22. The molecule has 0 aliphatic heterocycles. The number of nitrogens with zero attached hydrogens (tertiary/aromatic N) is 1. The van der Waals surface area contributed by atoms with Crippen LogP contribution < -0.4 is 0 Å². The summed E-state index contributed by atoms with van der Waals surface area (Å²) in [5.74, 6) is -0.306. The van der Waals surface area contributed by atoms with Crippen molar-refractivity contribution in [2.45, 2.75) is 310 Å². The molecule has 0 bridgehead atoms. The molecule has 0 saturated heterocycles. The lowest BCUT2D eigenvalue weighted by molar-refractivity contribution is -0.159. The van der Waals surface area contributed by atoms with E-state index in [1.807, 2.05) is 0 Å². The van der Waals surface area contributed by atoms with Crippen LogP contribution in [0.4, 0.5) is 0 Å². The molecule has 0 heterocycles. The summed E-state index contributed by atoms with van der Waals surface area (Å²) in [6, 6.07) is 0. The Morgan fingerprint density at radius 1 is 0.329 bits per heavy atom. The second-order valence-corrected chi connectivity index (χ2v) is 20.4. The van der Waals surface area contributed by atoms with Crippen LogP contribution in [0.3, 0.4) is 0 Å². The molecule has 0 saturated carbocycles. The first-order valence-corrected chi connectivity index (χ1v) is 30.6. The van der Waals surface area contributed by atoms with Gasteiger partial charge in [0, 0.05) is 45.9 Å². The summed E-state index contributed by atoms with van der Waals surface area (Å²) in [6.45, 7) is 16.1. The van der Waals surface area contributed by atoms with E-state index in [-0.39, 0.29) is 31.1 Å². The number of carbonyl (C=O) groups is 2. The fourth-order valence-corrected chi connectivity index (χ4v) is 8.88. The Morgan fingerprint density at radius 2 is 0.571 bits per heavy atom. The highest BCUT2D eigenvalue weighted by Crippen LogP contribution is 2.16. The van der Waals surface area contributed by atoms with Crippen molar-refractivity contribution in [2.24, 2.45) is 0 Å². The second-order valence-electron chi connectivity index (χ2n) is 20.4. The predicted octanol–water partition coefficient (Wildman–Crippen LogP) is 16.5. The molecule has 0 rings (SSSR count). The average Bonchev–Trinajstić information content (AvgIpc) is 3.36. The maximum Gasteiger partial charge on any atom is 0.305 e. The fourth-order valence-electron chi connectivity index (χ4n) is 8.88. The van der Waals surface area contributed by atoms with E-state index in [0.29, 0.717) is 65.3 Å². The third-order valence-electron chi connectivity index (χ3n) is 13.5. The zero-order chi connectivity index (χ0) is 50.9. The molecule has 0 aromatic heterocycles. The first-order valence-electron chi connectivity index (χ1n) is 30.6. The number of aliphatic hydroxyl groups excluding tert-OH is 1. The molecule has 0 aromatic rings. The SMILES string of the molecule is CCCCCCCCCOC(CCC(=O)OCCCCCCN(CCCCO)CCCCCCOC(=O)CCC(OCCCCCCCCC)OCCCCCCCCC)OCCCCCCCCC. The normalized spacial score (nSPS) is 11.8. The van der Waals surface area contributed by atoms with E-state index in [1.54, 1.807) is 0 Å². The van der Waals surface area contributed by atoms with Crippen molar-refractivity contribution in [1.82, 2.24) is 4.90 Å². The molecule has 1 N–H and O–H groups in total. The quantitative estimate of drug-likeness (QED) is 0.0359. The van der Waals surface area contributed by atoms with Gasteiger partial charge in [0.2, 0.25) is 0 Å². The lowest BCUT2D eigenvalue weighted by Crippen LogP contribution is -2.27. The molecule has 0 aliphatic carbocycles. The van der Waals surface area contributed by atoms with Crippen LogP contribution in [0.15, 0.2) is 0 Å². The number of unbranched alkanes of at least 4 members (excludes halogenated alkanes) is 31. The van der Waals surface area contributed by atoms with E-state index in [1.165, 1.54) is 154 Å². The molecule has 10 heteroatoms. The zero-order valence-corrected chi connectivity index (χ0v) is 47.1. The molecular formula is C60H119NO9. The van der Waals surface area contributed by atoms with E-state index in [0.717, 1.165) is 110 Å². The van der Waals surface area contributed by atoms with E-state index < -0.39 is 0 Å². The van der Waals surface area contributed by atoms with Gasteiger partial charge in [-0.2, -0.15) is 0 Å². The van der Waals surface area contributed by atoms with Crippen LogP contribution in [-0.4, -0.2) is 100 Å². The summed E-state index contributed by atoms with van der Waals surface area (Å²) in [5.41, 5.74) is 0. The Balaban J connectivity index is 4.39. The Bertz CT molecular complexity index is 920. The summed E-state index contributed by atoms with van der Waals surface area (Å²) < 4.78 is 35.8. The first kappa shape index (κ1) is 68.7. The predicted molar refractivity (Wildman–Crippen MR) is 293 cm³/mol. The van der Waals surface area contributed by atoms with E-state index in [9.17, 15) is 14.7 Å². The number of ether oxygens (including phenoxy) is 6. The van der Waals surface area contributed by atoms with Crippen LogP contribution in [0, 0.1) is 0 Å². The maximum atomic E-state index is 12.7. The highest BCUT2D eigenvalue weighted by molar-refractivity contribution is 5.69. The van der Waals surface area contributed by atoms with Gasteiger partial charge >= 0.3 is 11.9 Å². The van der Waals surface area contributed by atoms with Crippen LogP contribution in [0.5, 0.6) is 0 Å². The zero-order valence-electron chi connectivity index (χ0n) is 47.1. The van der Waals surface area contributed by atoms with E-state index in [4.69, 9.17) is 28.4 Å². The molecule has 0 amide bonds. The summed E-state index contributed by atoms with van der Waals surface area (Å²) >= 11 is 0. The van der Waals surface area contributed by atoms with Crippen LogP contribution in [-0.2, 0) is 38.0 Å². The summed E-state index contributed by atoms with van der Waals surface area (Å²) in [7, 11) is 0. The molecule has 0 radical (unpaired) electrons. The third kappa shape index (κ3) is 53.0. The minimum Gasteiger partial charge on any atom is -0.466 e. The monoisotopic (exact) mass is 998 g/mol. The smallest absolute Gasteiger partial charge is 0.305 e. The molecular weight excluding hydrogens is 879 g/mol. The largest absolute Gasteiger partial charge is 0.466 e. The van der Waals surface area contributed by atoms with Gasteiger partial charge in [-0.1, -0.05) is 207 Å². The summed E-state index contributed by atoms with van der Waals surface area (Å²) in [5, 5.41) is 9.38. The van der Waals surface area contributed by atoms with Crippen LogP contribution in [0.25, 0.3) is 0 Å². The Labute approximate surface area is 434 Å². The minimum absolute atomic E-state index is 0.153. The van der Waals surface area contributed by atoms with Gasteiger partial charge in [-0.3, -0.25) is 9.59 Å². The fraction of sp³-hybridized carbons (Fsp3) is 0.967. The lowest BCUT2D eigenvalue weighted by atomic mass is 10.1. The van der Waals surface area contributed by atoms with Crippen LogP contribution >= 0.6 is 0 Å². The molecule has 0 spiro atoms. The van der Waals surface area contributed by atoms with Crippen molar-refractivity contribution in [1.29, 1.82) is 0 Å². The molecule has 10 nitrogen and oxygen atoms in total. The van der Waals surface area contributed by atoms with Crippen molar-refractivity contribution >= 4 is 11.9 Å². The maximum absolute atomic E-state index is 12.7.